The Morgan fingerprint density at radius 1 is 0.683 bits per heavy atom. The maximum absolute atomic E-state index is 4.56. The summed E-state index contributed by atoms with van der Waals surface area (Å²) in [5.74, 6) is 0. The molecule has 2 aromatic heterocycles. The van der Waals surface area contributed by atoms with E-state index in [0.717, 1.165) is 12.0 Å². The number of benzene rings is 5. The van der Waals surface area contributed by atoms with Gasteiger partial charge < -0.3 is 9.13 Å². The molecule has 0 spiro atoms. The number of para-hydroxylation sites is 3. The molecule has 1 aliphatic carbocycles. The molecule has 7 aromatic rings. The predicted octanol–water partition coefficient (Wildman–Crippen LogP) is 10.4. The highest BCUT2D eigenvalue weighted by Gasteiger charge is 2.26. The topological polar surface area (TPSA) is 9.86 Å². The SMILES string of the molecule is C=C1/C=C\C=C/CC(C)(C)c2ccc3cc4c5ccccc5n(-c5cccc6c7ccccc7n(C)c56)c4cc3c21. The van der Waals surface area contributed by atoms with Crippen molar-refractivity contribution in [2.75, 3.05) is 0 Å². The number of fused-ring (bicyclic) bond motifs is 9. The van der Waals surface area contributed by atoms with Crippen molar-refractivity contribution in [1.29, 1.82) is 0 Å². The lowest BCUT2D eigenvalue weighted by atomic mass is 9.76. The number of aryl methyl sites for hydroxylation is 1. The zero-order valence-corrected chi connectivity index (χ0v) is 23.8. The third-order valence-corrected chi connectivity index (χ3v) is 9.18. The first-order valence-electron chi connectivity index (χ1n) is 14.4. The monoisotopic (exact) mass is 528 g/mol. The van der Waals surface area contributed by atoms with E-state index in [1.165, 1.54) is 71.2 Å². The van der Waals surface area contributed by atoms with Gasteiger partial charge in [0.15, 0.2) is 0 Å². The normalized spacial score (nSPS) is 16.7. The molecule has 0 saturated carbocycles. The Morgan fingerprint density at radius 3 is 2.24 bits per heavy atom. The predicted molar refractivity (Wildman–Crippen MR) is 177 cm³/mol. The molecule has 0 aliphatic heterocycles. The van der Waals surface area contributed by atoms with Gasteiger partial charge >= 0.3 is 0 Å². The fourth-order valence-electron chi connectivity index (χ4n) is 7.16. The molecular formula is C39H32N2. The molecule has 1 aliphatic rings. The van der Waals surface area contributed by atoms with Gasteiger partial charge in [0.2, 0.25) is 0 Å². The van der Waals surface area contributed by atoms with Crippen LogP contribution in [0.15, 0.2) is 122 Å². The maximum Gasteiger partial charge on any atom is 0.0733 e. The number of hydrogen-bond donors (Lipinski definition) is 0. The molecule has 8 rings (SSSR count). The molecule has 5 aromatic carbocycles. The Hall–Kier alpha value is -4.82. The van der Waals surface area contributed by atoms with Crippen LogP contribution in [0.1, 0.15) is 31.4 Å². The summed E-state index contributed by atoms with van der Waals surface area (Å²) in [6.45, 7) is 9.25. The second-order valence-corrected chi connectivity index (χ2v) is 12.1. The molecule has 0 radical (unpaired) electrons. The molecule has 198 valence electrons. The van der Waals surface area contributed by atoms with Crippen molar-refractivity contribution < 1.29 is 0 Å². The van der Waals surface area contributed by atoms with Gasteiger partial charge in [-0.05, 0) is 69.6 Å². The highest BCUT2D eigenvalue weighted by molar-refractivity contribution is 6.17. The summed E-state index contributed by atoms with van der Waals surface area (Å²) < 4.78 is 4.83. The van der Waals surface area contributed by atoms with E-state index in [4.69, 9.17) is 0 Å². The summed E-state index contributed by atoms with van der Waals surface area (Å²) >= 11 is 0. The minimum atomic E-state index is -0.00854. The first kappa shape index (κ1) is 24.0. The van der Waals surface area contributed by atoms with E-state index in [1.807, 2.05) is 0 Å². The van der Waals surface area contributed by atoms with Crippen molar-refractivity contribution in [3.63, 3.8) is 0 Å². The van der Waals surface area contributed by atoms with Crippen LogP contribution in [0, 0.1) is 0 Å². The summed E-state index contributed by atoms with van der Waals surface area (Å²) in [7, 11) is 2.19. The third kappa shape index (κ3) is 3.37. The smallest absolute Gasteiger partial charge is 0.0733 e. The van der Waals surface area contributed by atoms with Crippen LogP contribution in [-0.4, -0.2) is 9.13 Å². The van der Waals surface area contributed by atoms with Gasteiger partial charge in [-0.1, -0.05) is 105 Å². The van der Waals surface area contributed by atoms with Crippen molar-refractivity contribution in [1.82, 2.24) is 9.13 Å². The van der Waals surface area contributed by atoms with Gasteiger partial charge in [0, 0.05) is 34.1 Å². The second-order valence-electron chi connectivity index (χ2n) is 12.1. The Balaban J connectivity index is 1.54. The van der Waals surface area contributed by atoms with Gasteiger partial charge in [-0.15, -0.1) is 0 Å². The van der Waals surface area contributed by atoms with E-state index >= 15 is 0 Å². The zero-order chi connectivity index (χ0) is 27.9. The number of nitrogens with zero attached hydrogens (tertiary/aromatic N) is 2. The molecule has 41 heavy (non-hydrogen) atoms. The van der Waals surface area contributed by atoms with Crippen LogP contribution in [0.25, 0.3) is 65.6 Å². The van der Waals surface area contributed by atoms with Crippen molar-refractivity contribution in [3.8, 4) is 5.69 Å². The fourth-order valence-corrected chi connectivity index (χ4v) is 7.16. The van der Waals surface area contributed by atoms with Gasteiger partial charge in [-0.2, -0.15) is 0 Å². The maximum atomic E-state index is 4.56. The van der Waals surface area contributed by atoms with E-state index in [1.54, 1.807) is 0 Å². The number of aromatic nitrogens is 2. The first-order valence-corrected chi connectivity index (χ1v) is 14.4. The van der Waals surface area contributed by atoms with Crippen molar-refractivity contribution >= 4 is 60.0 Å². The van der Waals surface area contributed by atoms with Crippen molar-refractivity contribution in [3.05, 3.63) is 133 Å². The van der Waals surface area contributed by atoms with Crippen LogP contribution >= 0.6 is 0 Å². The Bertz CT molecular complexity index is 2280. The molecule has 0 atom stereocenters. The Morgan fingerprint density at radius 2 is 1.41 bits per heavy atom. The standard InChI is InChI=1S/C39H32N2/c1-25-13-6-5-11-22-39(2,3)32-21-20-26-23-31-28-15-8-10-18-34(28)41(36(31)24-30(26)37(25)32)35-19-12-16-29-27-14-7-9-17-33(27)40(4)38(29)35/h5-21,23-24H,1,22H2,2-4H3/b11-5-,13-6-. The lowest BCUT2D eigenvalue weighted by Gasteiger charge is -2.28. The number of rotatable bonds is 1. The van der Waals surface area contributed by atoms with Crippen LogP contribution in [0.3, 0.4) is 0 Å². The molecule has 0 amide bonds. The first-order chi connectivity index (χ1) is 19.9. The lowest BCUT2D eigenvalue weighted by molar-refractivity contribution is 0.534. The van der Waals surface area contributed by atoms with E-state index in [9.17, 15) is 0 Å². The van der Waals surface area contributed by atoms with Gasteiger partial charge in [0.1, 0.15) is 0 Å². The molecule has 0 bridgehead atoms. The molecule has 2 nitrogen and oxygen atoms in total. The Labute approximate surface area is 240 Å². The van der Waals surface area contributed by atoms with Gasteiger partial charge in [-0.25, -0.2) is 0 Å². The minimum absolute atomic E-state index is 0.00854. The number of allylic oxidation sites excluding steroid dienone is 5. The number of hydrogen-bond acceptors (Lipinski definition) is 0. The van der Waals surface area contributed by atoms with Crippen LogP contribution < -0.4 is 0 Å². The van der Waals surface area contributed by atoms with Crippen LogP contribution in [-0.2, 0) is 12.5 Å². The van der Waals surface area contributed by atoms with Crippen LogP contribution in [0.4, 0.5) is 0 Å². The van der Waals surface area contributed by atoms with Crippen LogP contribution in [0.5, 0.6) is 0 Å². The van der Waals surface area contributed by atoms with E-state index < -0.39 is 0 Å². The quantitative estimate of drug-likeness (QED) is 0.201. The van der Waals surface area contributed by atoms with E-state index in [0.29, 0.717) is 0 Å². The highest BCUT2D eigenvalue weighted by atomic mass is 15.0. The molecule has 2 heterocycles. The van der Waals surface area contributed by atoms with E-state index in [-0.39, 0.29) is 5.41 Å². The highest BCUT2D eigenvalue weighted by Crippen LogP contribution is 2.43. The molecule has 2 heteroatoms. The summed E-state index contributed by atoms with van der Waals surface area (Å²) in [6.07, 6.45) is 9.69. The molecule has 0 saturated heterocycles. The van der Waals surface area contributed by atoms with Gasteiger partial charge in [0.05, 0.1) is 22.2 Å². The second kappa shape index (κ2) is 8.59. The third-order valence-electron chi connectivity index (χ3n) is 9.18. The lowest BCUT2D eigenvalue weighted by Crippen LogP contribution is -2.18. The van der Waals surface area contributed by atoms with E-state index in [2.05, 4.69) is 152 Å². The van der Waals surface area contributed by atoms with Crippen molar-refractivity contribution in [2.24, 2.45) is 7.05 Å². The summed E-state index contributed by atoms with van der Waals surface area (Å²) in [4.78, 5) is 0. The molecule has 0 fully saturated rings. The largest absolute Gasteiger partial charge is 0.342 e. The Kier molecular flexibility index (Phi) is 5.03. The molecule has 0 unspecified atom stereocenters. The molecule has 0 N–H and O–H groups in total. The summed E-state index contributed by atoms with van der Waals surface area (Å²) in [5, 5.41) is 7.62. The summed E-state index contributed by atoms with van der Waals surface area (Å²) in [6, 6.07) is 33.7. The van der Waals surface area contributed by atoms with Crippen LogP contribution in [0.2, 0.25) is 0 Å². The molecular weight excluding hydrogens is 496 g/mol. The van der Waals surface area contributed by atoms with Gasteiger partial charge in [0.25, 0.3) is 0 Å². The van der Waals surface area contributed by atoms with Gasteiger partial charge in [-0.3, -0.25) is 0 Å². The minimum Gasteiger partial charge on any atom is -0.342 e. The fraction of sp³-hybridized carbons (Fsp3) is 0.128. The zero-order valence-electron chi connectivity index (χ0n) is 23.8. The van der Waals surface area contributed by atoms with Crippen molar-refractivity contribution in [2.45, 2.75) is 25.7 Å². The average Bonchev–Trinajstić information content (AvgIpc) is 3.48. The summed E-state index contributed by atoms with van der Waals surface area (Å²) in [5.41, 5.74) is 9.79. The average molecular weight is 529 g/mol.